The summed E-state index contributed by atoms with van der Waals surface area (Å²) in [6.45, 7) is 0.372. The minimum Gasteiger partial charge on any atom is -0.352 e. The Bertz CT molecular complexity index is 791. The van der Waals surface area contributed by atoms with Crippen molar-refractivity contribution in [1.82, 2.24) is 10.0 Å². The average Bonchev–Trinajstić information content (AvgIpc) is 2.54. The summed E-state index contributed by atoms with van der Waals surface area (Å²) in [4.78, 5) is 11.9. The molecule has 0 saturated heterocycles. The Morgan fingerprint density at radius 1 is 0.917 bits per heavy atom. The summed E-state index contributed by atoms with van der Waals surface area (Å²) in [5.74, 6) is -0.247. The highest BCUT2D eigenvalue weighted by molar-refractivity contribution is 7.89. The van der Waals surface area contributed by atoms with Crippen molar-refractivity contribution in [2.45, 2.75) is 17.9 Å². The van der Waals surface area contributed by atoms with Crippen molar-refractivity contribution >= 4 is 39.1 Å². The van der Waals surface area contributed by atoms with E-state index in [1.54, 1.807) is 12.1 Å². The zero-order valence-electron chi connectivity index (χ0n) is 12.6. The molecular formula is C16H16Cl2N2O3S. The van der Waals surface area contributed by atoms with Gasteiger partial charge in [-0.2, -0.15) is 0 Å². The van der Waals surface area contributed by atoms with Crippen LogP contribution in [-0.2, 0) is 21.4 Å². The predicted octanol–water partition coefficient (Wildman–Crippen LogP) is 2.98. The van der Waals surface area contributed by atoms with Gasteiger partial charge >= 0.3 is 0 Å². The van der Waals surface area contributed by atoms with Crippen LogP contribution in [0.15, 0.2) is 53.4 Å². The zero-order valence-corrected chi connectivity index (χ0v) is 15.0. The molecule has 5 nitrogen and oxygen atoms in total. The van der Waals surface area contributed by atoms with E-state index in [1.165, 1.54) is 24.3 Å². The molecule has 128 valence electrons. The van der Waals surface area contributed by atoms with Gasteiger partial charge in [-0.05, 0) is 42.0 Å². The van der Waals surface area contributed by atoms with Crippen LogP contribution >= 0.6 is 23.2 Å². The van der Waals surface area contributed by atoms with Gasteiger partial charge in [-0.25, -0.2) is 13.1 Å². The fraction of sp³-hybridized carbons (Fsp3) is 0.188. The van der Waals surface area contributed by atoms with Crippen molar-refractivity contribution in [2.24, 2.45) is 0 Å². The molecule has 0 spiro atoms. The third kappa shape index (κ3) is 5.79. The van der Waals surface area contributed by atoms with E-state index in [1.807, 2.05) is 12.1 Å². The highest BCUT2D eigenvalue weighted by Gasteiger charge is 2.13. The standard InChI is InChI=1S/C16H16Cl2N2O3S/c17-13-3-1-12(2-4-13)11-19-16(21)9-10-20-24(22,23)15-7-5-14(18)6-8-15/h1-8,20H,9-11H2,(H,19,21). The van der Waals surface area contributed by atoms with Crippen molar-refractivity contribution in [3.05, 3.63) is 64.1 Å². The van der Waals surface area contributed by atoms with E-state index in [-0.39, 0.29) is 23.8 Å². The van der Waals surface area contributed by atoms with Crippen molar-refractivity contribution in [2.75, 3.05) is 6.54 Å². The molecule has 0 aliphatic rings. The summed E-state index contributed by atoms with van der Waals surface area (Å²) in [5, 5.41) is 3.80. The van der Waals surface area contributed by atoms with Crippen molar-refractivity contribution in [1.29, 1.82) is 0 Å². The van der Waals surface area contributed by atoms with Crippen molar-refractivity contribution in [3.63, 3.8) is 0 Å². The summed E-state index contributed by atoms with van der Waals surface area (Å²) >= 11 is 11.5. The number of carbonyl (C=O) groups excluding carboxylic acids is 1. The normalized spacial score (nSPS) is 11.2. The van der Waals surface area contributed by atoms with E-state index in [2.05, 4.69) is 10.0 Å². The molecule has 0 atom stereocenters. The Morgan fingerprint density at radius 2 is 1.46 bits per heavy atom. The largest absolute Gasteiger partial charge is 0.352 e. The van der Waals surface area contributed by atoms with E-state index in [0.29, 0.717) is 16.6 Å². The van der Waals surface area contributed by atoms with Crippen LogP contribution in [-0.4, -0.2) is 20.9 Å². The molecule has 0 aliphatic carbocycles. The van der Waals surface area contributed by atoms with Crippen LogP contribution in [0.3, 0.4) is 0 Å². The first kappa shape index (κ1) is 18.7. The Balaban J connectivity index is 1.77. The van der Waals surface area contributed by atoms with E-state index < -0.39 is 10.0 Å². The second-order valence-corrected chi connectivity index (χ2v) is 7.64. The second-order valence-electron chi connectivity index (χ2n) is 5.00. The van der Waals surface area contributed by atoms with E-state index in [0.717, 1.165) is 5.56 Å². The third-order valence-corrected chi connectivity index (χ3v) is 5.15. The third-order valence-electron chi connectivity index (χ3n) is 3.17. The molecule has 0 saturated carbocycles. The van der Waals surface area contributed by atoms with Crippen LogP contribution in [0.4, 0.5) is 0 Å². The number of carbonyl (C=O) groups is 1. The van der Waals surface area contributed by atoms with Crippen LogP contribution in [0.1, 0.15) is 12.0 Å². The fourth-order valence-electron chi connectivity index (χ4n) is 1.89. The predicted molar refractivity (Wildman–Crippen MR) is 94.6 cm³/mol. The van der Waals surface area contributed by atoms with Crippen LogP contribution in [0, 0.1) is 0 Å². The van der Waals surface area contributed by atoms with E-state index >= 15 is 0 Å². The highest BCUT2D eigenvalue weighted by atomic mass is 35.5. The maximum absolute atomic E-state index is 12.0. The lowest BCUT2D eigenvalue weighted by Gasteiger charge is -2.08. The monoisotopic (exact) mass is 386 g/mol. The van der Waals surface area contributed by atoms with Crippen molar-refractivity contribution < 1.29 is 13.2 Å². The molecule has 0 aromatic heterocycles. The van der Waals surface area contributed by atoms with Gasteiger partial charge < -0.3 is 5.32 Å². The Labute approximate surface area is 151 Å². The molecule has 0 unspecified atom stereocenters. The highest BCUT2D eigenvalue weighted by Crippen LogP contribution is 2.13. The first-order valence-electron chi connectivity index (χ1n) is 7.13. The molecule has 2 N–H and O–H groups in total. The molecule has 1 amide bonds. The molecule has 8 heteroatoms. The maximum atomic E-state index is 12.0. The first-order chi connectivity index (χ1) is 11.4. The lowest BCUT2D eigenvalue weighted by atomic mass is 10.2. The molecule has 0 radical (unpaired) electrons. The molecule has 2 aromatic carbocycles. The number of sulfonamides is 1. The van der Waals surface area contributed by atoms with Gasteiger partial charge in [0.15, 0.2) is 0 Å². The Hall–Kier alpha value is -1.60. The lowest BCUT2D eigenvalue weighted by molar-refractivity contribution is -0.121. The summed E-state index contributed by atoms with van der Waals surface area (Å²) in [6.07, 6.45) is 0.0421. The summed E-state index contributed by atoms with van der Waals surface area (Å²) in [7, 11) is -3.65. The summed E-state index contributed by atoms with van der Waals surface area (Å²) in [6, 6.07) is 12.9. The minimum absolute atomic E-state index is 0.0113. The van der Waals surface area contributed by atoms with Crippen LogP contribution < -0.4 is 10.0 Å². The quantitative estimate of drug-likeness (QED) is 0.767. The van der Waals surface area contributed by atoms with Gasteiger partial charge in [-0.15, -0.1) is 0 Å². The molecule has 0 aliphatic heterocycles. The molecule has 0 heterocycles. The molecule has 24 heavy (non-hydrogen) atoms. The van der Waals surface area contributed by atoms with Crippen LogP contribution in [0.2, 0.25) is 10.0 Å². The van der Waals surface area contributed by atoms with Gasteiger partial charge in [0, 0.05) is 29.6 Å². The van der Waals surface area contributed by atoms with E-state index in [4.69, 9.17) is 23.2 Å². The molecule has 2 aromatic rings. The lowest BCUT2D eigenvalue weighted by Crippen LogP contribution is -2.30. The molecule has 0 bridgehead atoms. The molecular weight excluding hydrogens is 371 g/mol. The average molecular weight is 387 g/mol. The smallest absolute Gasteiger partial charge is 0.240 e. The second kappa shape index (κ2) is 8.48. The number of nitrogens with one attached hydrogen (secondary N) is 2. The van der Waals surface area contributed by atoms with Crippen LogP contribution in [0.5, 0.6) is 0 Å². The van der Waals surface area contributed by atoms with Gasteiger partial charge in [0.2, 0.25) is 15.9 Å². The zero-order chi connectivity index (χ0) is 17.6. The maximum Gasteiger partial charge on any atom is 0.240 e. The number of benzene rings is 2. The van der Waals surface area contributed by atoms with Gasteiger partial charge in [0.25, 0.3) is 0 Å². The number of hydrogen-bond acceptors (Lipinski definition) is 3. The van der Waals surface area contributed by atoms with Gasteiger partial charge in [0.05, 0.1) is 4.90 Å². The number of amides is 1. The number of hydrogen-bond donors (Lipinski definition) is 2. The number of halogens is 2. The topological polar surface area (TPSA) is 75.3 Å². The van der Waals surface area contributed by atoms with Crippen LogP contribution in [0.25, 0.3) is 0 Å². The summed E-state index contributed by atoms with van der Waals surface area (Å²) < 4.78 is 26.5. The molecule has 0 fully saturated rings. The van der Waals surface area contributed by atoms with Crippen molar-refractivity contribution in [3.8, 4) is 0 Å². The Morgan fingerprint density at radius 3 is 2.04 bits per heavy atom. The fourth-order valence-corrected chi connectivity index (χ4v) is 3.17. The van der Waals surface area contributed by atoms with Gasteiger partial charge in [-0.1, -0.05) is 35.3 Å². The van der Waals surface area contributed by atoms with E-state index in [9.17, 15) is 13.2 Å². The Kier molecular flexibility index (Phi) is 6.62. The summed E-state index contributed by atoms with van der Waals surface area (Å²) in [5.41, 5.74) is 0.912. The SMILES string of the molecule is O=C(CCNS(=O)(=O)c1ccc(Cl)cc1)NCc1ccc(Cl)cc1. The molecule has 2 rings (SSSR count). The number of rotatable bonds is 7. The van der Waals surface area contributed by atoms with Gasteiger partial charge in [-0.3, -0.25) is 4.79 Å². The first-order valence-corrected chi connectivity index (χ1v) is 9.37. The van der Waals surface area contributed by atoms with Gasteiger partial charge in [0.1, 0.15) is 0 Å². The minimum atomic E-state index is -3.65.